The Kier molecular flexibility index (Phi) is 6.21. The molecule has 1 aromatic carbocycles. The second kappa shape index (κ2) is 9.11. The van der Waals surface area contributed by atoms with Gasteiger partial charge in [-0.05, 0) is 50.8 Å². The number of aryl methyl sites for hydroxylation is 1. The van der Waals surface area contributed by atoms with Crippen LogP contribution in [0.25, 0.3) is 11.4 Å². The lowest BCUT2D eigenvalue weighted by molar-refractivity contribution is -0.140. The highest BCUT2D eigenvalue weighted by Gasteiger charge is 2.46. The number of ether oxygens (including phenoxy) is 1. The molecule has 0 aliphatic carbocycles. The number of rotatable bonds is 6. The van der Waals surface area contributed by atoms with Crippen molar-refractivity contribution in [1.29, 1.82) is 0 Å². The summed E-state index contributed by atoms with van der Waals surface area (Å²) in [7, 11) is 5.04. The Morgan fingerprint density at radius 2 is 1.85 bits per heavy atom. The molecule has 1 aliphatic rings. The van der Waals surface area contributed by atoms with Crippen molar-refractivity contribution in [1.82, 2.24) is 19.2 Å². The van der Waals surface area contributed by atoms with E-state index in [-0.39, 0.29) is 17.9 Å². The normalized spacial score (nSPS) is 17.7. The molecule has 176 valence electrons. The molecule has 2 aromatic heterocycles. The highest BCUT2D eigenvalue weighted by atomic mass is 16.5. The largest absolute Gasteiger partial charge is 0.505 e. The SMILES string of the molecule is COC(=O)c1ccc([C@H]2/C(=C(\O)c3c(C)nc4ccccn34)C(=O)C(=O)N2CCN(C)C)cc1. The van der Waals surface area contributed by atoms with Crippen molar-refractivity contribution in [3.8, 4) is 0 Å². The molecule has 3 aromatic rings. The number of likely N-dealkylation sites (N-methyl/N-ethyl adjacent to an activating group) is 1. The number of amides is 1. The van der Waals surface area contributed by atoms with Crippen LogP contribution in [0.3, 0.4) is 0 Å². The van der Waals surface area contributed by atoms with Crippen LogP contribution in [0, 0.1) is 6.92 Å². The lowest BCUT2D eigenvalue weighted by Gasteiger charge is -2.26. The zero-order valence-electron chi connectivity index (χ0n) is 19.5. The summed E-state index contributed by atoms with van der Waals surface area (Å²) < 4.78 is 6.45. The van der Waals surface area contributed by atoms with Gasteiger partial charge in [-0.2, -0.15) is 0 Å². The minimum Gasteiger partial charge on any atom is -0.505 e. The van der Waals surface area contributed by atoms with Crippen molar-refractivity contribution in [2.24, 2.45) is 0 Å². The van der Waals surface area contributed by atoms with Gasteiger partial charge in [-0.1, -0.05) is 18.2 Å². The summed E-state index contributed by atoms with van der Waals surface area (Å²) in [5.74, 6) is -2.22. The van der Waals surface area contributed by atoms with E-state index in [9.17, 15) is 19.5 Å². The van der Waals surface area contributed by atoms with Crippen LogP contribution in [-0.4, -0.2) is 76.2 Å². The number of aliphatic hydroxyl groups is 1. The number of Topliss-reactive ketones (excluding diaryl/α,β-unsaturated/α-hetero) is 1. The quantitative estimate of drug-likeness (QED) is 0.260. The van der Waals surface area contributed by atoms with Crippen LogP contribution in [0.2, 0.25) is 0 Å². The Hall–Kier alpha value is -3.98. The van der Waals surface area contributed by atoms with Crippen LogP contribution in [0.5, 0.6) is 0 Å². The molecule has 3 heterocycles. The highest BCUT2D eigenvalue weighted by molar-refractivity contribution is 6.46. The van der Waals surface area contributed by atoms with Gasteiger partial charge >= 0.3 is 5.97 Å². The Balaban J connectivity index is 1.89. The number of methoxy groups -OCH3 is 1. The minimum atomic E-state index is -0.819. The summed E-state index contributed by atoms with van der Waals surface area (Å²) in [5, 5.41) is 11.4. The maximum atomic E-state index is 13.2. The van der Waals surface area contributed by atoms with Gasteiger partial charge in [0.05, 0.1) is 30.0 Å². The molecule has 1 atom stereocenters. The number of pyridine rings is 1. The molecular weight excluding hydrogens is 436 g/mol. The van der Waals surface area contributed by atoms with Crippen molar-refractivity contribution in [2.45, 2.75) is 13.0 Å². The average molecular weight is 463 g/mol. The molecule has 1 amide bonds. The Bertz CT molecular complexity index is 1310. The maximum absolute atomic E-state index is 13.2. The van der Waals surface area contributed by atoms with E-state index >= 15 is 0 Å². The second-order valence-corrected chi connectivity index (χ2v) is 8.38. The summed E-state index contributed by atoms with van der Waals surface area (Å²) in [6, 6.07) is 11.1. The van der Waals surface area contributed by atoms with E-state index in [1.165, 1.54) is 12.0 Å². The van der Waals surface area contributed by atoms with Crippen LogP contribution < -0.4 is 0 Å². The lowest BCUT2D eigenvalue weighted by atomic mass is 9.95. The van der Waals surface area contributed by atoms with Crippen molar-refractivity contribution >= 4 is 29.1 Å². The van der Waals surface area contributed by atoms with Gasteiger partial charge in [-0.25, -0.2) is 9.78 Å². The molecule has 0 radical (unpaired) electrons. The highest BCUT2D eigenvalue weighted by Crippen LogP contribution is 2.40. The van der Waals surface area contributed by atoms with Crippen LogP contribution in [0.4, 0.5) is 0 Å². The zero-order valence-corrected chi connectivity index (χ0v) is 19.5. The third-order valence-corrected chi connectivity index (χ3v) is 5.90. The number of aliphatic hydroxyl groups excluding tert-OH is 1. The van der Waals surface area contributed by atoms with Crippen molar-refractivity contribution in [3.63, 3.8) is 0 Å². The first-order chi connectivity index (χ1) is 16.2. The summed E-state index contributed by atoms with van der Waals surface area (Å²) in [5.41, 5.74) is 2.43. The number of benzene rings is 1. The van der Waals surface area contributed by atoms with Crippen LogP contribution in [0.1, 0.15) is 33.4 Å². The molecule has 34 heavy (non-hydrogen) atoms. The molecule has 1 saturated heterocycles. The molecule has 0 bridgehead atoms. The first kappa shape index (κ1) is 23.2. The predicted molar refractivity (Wildman–Crippen MR) is 125 cm³/mol. The van der Waals surface area contributed by atoms with Gasteiger partial charge in [0.15, 0.2) is 5.76 Å². The number of hydrogen-bond acceptors (Lipinski definition) is 7. The van der Waals surface area contributed by atoms with Gasteiger partial charge in [0.1, 0.15) is 11.3 Å². The number of nitrogens with zero attached hydrogens (tertiary/aromatic N) is 4. The van der Waals surface area contributed by atoms with Crippen molar-refractivity contribution in [3.05, 3.63) is 76.7 Å². The second-order valence-electron chi connectivity index (χ2n) is 8.38. The lowest BCUT2D eigenvalue weighted by Crippen LogP contribution is -2.35. The molecule has 1 aliphatic heterocycles. The Morgan fingerprint density at radius 1 is 1.15 bits per heavy atom. The Labute approximate surface area is 196 Å². The molecule has 1 N–H and O–H groups in total. The van der Waals surface area contributed by atoms with Crippen molar-refractivity contribution in [2.75, 3.05) is 34.3 Å². The molecule has 9 nitrogen and oxygen atoms in total. The van der Waals surface area contributed by atoms with E-state index in [4.69, 9.17) is 4.74 Å². The number of aromatic nitrogens is 2. The molecule has 0 unspecified atom stereocenters. The predicted octanol–water partition coefficient (Wildman–Crippen LogP) is 2.41. The third kappa shape index (κ3) is 3.94. The van der Waals surface area contributed by atoms with E-state index in [0.29, 0.717) is 34.7 Å². The minimum absolute atomic E-state index is 0.0108. The molecule has 0 spiro atoms. The van der Waals surface area contributed by atoms with Gasteiger partial charge in [-0.15, -0.1) is 0 Å². The van der Waals surface area contributed by atoms with E-state index in [1.807, 2.05) is 25.1 Å². The van der Waals surface area contributed by atoms with Crippen LogP contribution in [0.15, 0.2) is 54.2 Å². The first-order valence-corrected chi connectivity index (χ1v) is 10.8. The monoisotopic (exact) mass is 462 g/mol. The van der Waals surface area contributed by atoms with Crippen molar-refractivity contribution < 1.29 is 24.2 Å². The molecule has 4 rings (SSSR count). The standard InChI is InChI=1S/C25H26N4O5/c1-15-20(28-12-6-5-7-18(28)26-15)22(30)19-21(16-8-10-17(11-9-16)25(33)34-4)29(14-13-27(2)3)24(32)23(19)31/h5-12,21,30H,13-14H2,1-4H3/b22-19+/t21-/m0/s1. The fourth-order valence-corrected chi connectivity index (χ4v) is 4.21. The fourth-order valence-electron chi connectivity index (χ4n) is 4.21. The average Bonchev–Trinajstić information content (AvgIpc) is 3.29. The van der Waals surface area contributed by atoms with E-state index < -0.39 is 23.7 Å². The number of esters is 1. The molecule has 0 saturated carbocycles. The van der Waals surface area contributed by atoms with Gasteiger partial charge < -0.3 is 19.6 Å². The van der Waals surface area contributed by atoms with Crippen LogP contribution in [-0.2, 0) is 14.3 Å². The third-order valence-electron chi connectivity index (χ3n) is 5.90. The smallest absolute Gasteiger partial charge is 0.337 e. The summed E-state index contributed by atoms with van der Waals surface area (Å²) in [6.45, 7) is 2.55. The number of likely N-dealkylation sites (tertiary alicyclic amines) is 1. The number of carbonyl (C=O) groups excluding carboxylic acids is 3. The van der Waals surface area contributed by atoms with E-state index in [0.717, 1.165) is 0 Å². The topological polar surface area (TPSA) is 104 Å². The number of ketones is 1. The number of hydrogen-bond donors (Lipinski definition) is 1. The van der Waals surface area contributed by atoms with Gasteiger partial charge in [0, 0.05) is 19.3 Å². The molecule has 9 heteroatoms. The number of fused-ring (bicyclic) bond motifs is 1. The fraction of sp³-hybridized carbons (Fsp3) is 0.280. The maximum Gasteiger partial charge on any atom is 0.337 e. The van der Waals surface area contributed by atoms with Gasteiger partial charge in [-0.3, -0.25) is 14.0 Å². The van der Waals surface area contributed by atoms with E-state index in [2.05, 4.69) is 4.98 Å². The number of carbonyl (C=O) groups is 3. The Morgan fingerprint density at radius 3 is 2.50 bits per heavy atom. The molecular formula is C25H26N4O5. The van der Waals surface area contributed by atoms with Gasteiger partial charge in [0.2, 0.25) is 0 Å². The summed E-state index contributed by atoms with van der Waals surface area (Å²) in [6.07, 6.45) is 1.74. The van der Waals surface area contributed by atoms with E-state index in [1.54, 1.807) is 53.9 Å². The number of imidazole rings is 1. The molecule has 1 fully saturated rings. The first-order valence-electron chi connectivity index (χ1n) is 10.8. The van der Waals surface area contributed by atoms with Crippen LogP contribution >= 0.6 is 0 Å². The summed E-state index contributed by atoms with van der Waals surface area (Å²) in [4.78, 5) is 46.0. The van der Waals surface area contributed by atoms with Gasteiger partial charge in [0.25, 0.3) is 11.7 Å². The zero-order chi connectivity index (χ0) is 24.6. The summed E-state index contributed by atoms with van der Waals surface area (Å²) >= 11 is 0.